The molecule has 3 N–H and O–H groups in total. The first kappa shape index (κ1) is 40.5. The SMILES string of the molecule is CCCCCCCCCCCCCCC(=S)Oc1c(C(C)(C)C)cc(CCC(=O)OCC(CO)(CO)CO)cc1C(C)(C)C. The first-order chi connectivity index (χ1) is 20.7. The summed E-state index contributed by atoms with van der Waals surface area (Å²) in [6.07, 6.45) is 17.0. The van der Waals surface area contributed by atoms with Crippen LogP contribution in [0.1, 0.15) is 155 Å². The van der Waals surface area contributed by atoms with Crippen LogP contribution in [-0.4, -0.2) is 52.8 Å². The molecule has 0 radical (unpaired) electrons. The van der Waals surface area contributed by atoms with Gasteiger partial charge in [0.25, 0.3) is 0 Å². The first-order valence-electron chi connectivity index (χ1n) is 17.1. The highest BCUT2D eigenvalue weighted by atomic mass is 32.1. The van der Waals surface area contributed by atoms with Crippen molar-refractivity contribution in [3.63, 3.8) is 0 Å². The predicted molar refractivity (Wildman–Crippen MR) is 186 cm³/mol. The van der Waals surface area contributed by atoms with Crippen LogP contribution in [0.25, 0.3) is 0 Å². The number of unbranched alkanes of at least 4 members (excludes halogenated alkanes) is 11. The van der Waals surface area contributed by atoms with Gasteiger partial charge >= 0.3 is 5.97 Å². The van der Waals surface area contributed by atoms with E-state index < -0.39 is 31.2 Å². The number of thiocarbonyl (C=S) groups is 1. The summed E-state index contributed by atoms with van der Waals surface area (Å²) in [4.78, 5) is 12.5. The number of esters is 1. The Balaban J connectivity index is 2.79. The number of ether oxygens (including phenoxy) is 2. The van der Waals surface area contributed by atoms with Crippen molar-refractivity contribution >= 4 is 23.2 Å². The molecule has 44 heavy (non-hydrogen) atoms. The Morgan fingerprint density at radius 1 is 0.705 bits per heavy atom. The van der Waals surface area contributed by atoms with Crippen molar-refractivity contribution in [3.8, 4) is 5.75 Å². The lowest BCUT2D eigenvalue weighted by Crippen LogP contribution is -2.39. The second-order valence-corrected chi connectivity index (χ2v) is 15.2. The van der Waals surface area contributed by atoms with E-state index in [0.29, 0.717) is 11.5 Å². The van der Waals surface area contributed by atoms with Crippen LogP contribution < -0.4 is 4.74 Å². The maximum atomic E-state index is 12.5. The summed E-state index contributed by atoms with van der Waals surface area (Å²) in [5, 5.41) is 29.1. The molecule has 0 atom stereocenters. The largest absolute Gasteiger partial charge is 0.465 e. The molecular formula is C37H64O6S. The molecule has 0 aliphatic carbocycles. The molecule has 6 nitrogen and oxygen atoms in total. The fourth-order valence-corrected chi connectivity index (χ4v) is 5.40. The number of benzene rings is 1. The Morgan fingerprint density at radius 3 is 1.55 bits per heavy atom. The minimum absolute atomic E-state index is 0.142. The van der Waals surface area contributed by atoms with Gasteiger partial charge in [-0.1, -0.05) is 131 Å². The summed E-state index contributed by atoms with van der Waals surface area (Å²) in [6.45, 7) is 13.6. The molecule has 7 heteroatoms. The van der Waals surface area contributed by atoms with Crippen LogP contribution >= 0.6 is 12.2 Å². The summed E-state index contributed by atoms with van der Waals surface area (Å²) in [6, 6.07) is 4.23. The zero-order valence-corrected chi connectivity index (χ0v) is 29.9. The molecule has 1 rings (SSSR count). The molecule has 0 saturated heterocycles. The smallest absolute Gasteiger partial charge is 0.306 e. The quantitative estimate of drug-likeness (QED) is 0.0667. The topological polar surface area (TPSA) is 96.2 Å². The van der Waals surface area contributed by atoms with E-state index in [-0.39, 0.29) is 23.9 Å². The molecule has 0 fully saturated rings. The van der Waals surface area contributed by atoms with E-state index in [1.165, 1.54) is 70.6 Å². The van der Waals surface area contributed by atoms with Crippen LogP contribution in [0.5, 0.6) is 5.75 Å². The van der Waals surface area contributed by atoms with Crippen LogP contribution in [0.15, 0.2) is 12.1 Å². The third kappa shape index (κ3) is 15.2. The van der Waals surface area contributed by atoms with E-state index in [0.717, 1.165) is 35.3 Å². The van der Waals surface area contributed by atoms with E-state index in [9.17, 15) is 20.1 Å². The van der Waals surface area contributed by atoms with Gasteiger partial charge in [0.05, 0.1) is 25.2 Å². The molecule has 0 aliphatic rings. The summed E-state index contributed by atoms with van der Waals surface area (Å²) in [5.41, 5.74) is 1.48. The van der Waals surface area contributed by atoms with E-state index in [2.05, 4.69) is 60.6 Å². The monoisotopic (exact) mass is 636 g/mol. The van der Waals surface area contributed by atoms with E-state index >= 15 is 0 Å². The van der Waals surface area contributed by atoms with Crippen molar-refractivity contribution in [2.45, 2.75) is 156 Å². The molecule has 0 saturated carbocycles. The van der Waals surface area contributed by atoms with Gasteiger partial charge in [0.15, 0.2) is 5.05 Å². The van der Waals surface area contributed by atoms with E-state index in [4.69, 9.17) is 21.7 Å². The summed E-state index contributed by atoms with van der Waals surface area (Å²) < 4.78 is 11.8. The summed E-state index contributed by atoms with van der Waals surface area (Å²) in [5.74, 6) is 0.391. The molecule has 1 aromatic carbocycles. The Bertz CT molecular complexity index is 928. The molecule has 0 spiro atoms. The van der Waals surface area contributed by atoms with Gasteiger partial charge in [0, 0.05) is 24.0 Å². The Hall–Kier alpha value is -1.54. The number of aryl methyl sites for hydroxylation is 1. The van der Waals surface area contributed by atoms with Crippen LogP contribution in [0.4, 0.5) is 0 Å². The van der Waals surface area contributed by atoms with Crippen molar-refractivity contribution in [3.05, 3.63) is 28.8 Å². The zero-order chi connectivity index (χ0) is 33.2. The molecule has 0 aromatic heterocycles. The summed E-state index contributed by atoms with van der Waals surface area (Å²) >= 11 is 5.75. The van der Waals surface area contributed by atoms with E-state index in [1.807, 2.05) is 0 Å². The van der Waals surface area contributed by atoms with Gasteiger partial charge in [-0.25, -0.2) is 0 Å². The Kier molecular flexibility index (Phi) is 18.9. The standard InChI is InChI=1S/C37H64O6S/c1-8-9-10-11-12-13-14-15-16-17-18-19-20-33(44)43-34-30(35(2,3)4)23-29(24-31(34)36(5,6)7)21-22-32(41)42-28-37(25-38,26-39)27-40/h23-24,38-40H,8-22,25-28H2,1-7H3. The normalized spacial score (nSPS) is 12.4. The maximum absolute atomic E-state index is 12.5. The Morgan fingerprint density at radius 2 is 1.14 bits per heavy atom. The fourth-order valence-electron chi connectivity index (χ4n) is 5.17. The molecule has 0 amide bonds. The number of carbonyl (C=O) groups excluding carboxylic acids is 1. The van der Waals surface area contributed by atoms with E-state index in [1.54, 1.807) is 0 Å². The number of hydrogen-bond donors (Lipinski definition) is 3. The zero-order valence-electron chi connectivity index (χ0n) is 29.1. The predicted octanol–water partition coefficient (Wildman–Crippen LogP) is 8.52. The molecule has 0 bridgehead atoms. The van der Waals surface area contributed by atoms with Crippen molar-refractivity contribution in [1.29, 1.82) is 0 Å². The van der Waals surface area contributed by atoms with Gasteiger partial charge in [0.1, 0.15) is 12.4 Å². The van der Waals surface area contributed by atoms with Gasteiger partial charge in [-0.2, -0.15) is 0 Å². The van der Waals surface area contributed by atoms with Crippen LogP contribution in [-0.2, 0) is 26.8 Å². The number of aliphatic hydroxyl groups is 3. The molecule has 0 unspecified atom stereocenters. The molecule has 0 heterocycles. The Labute approximate surface area is 274 Å². The highest BCUT2D eigenvalue weighted by Gasteiger charge is 2.31. The van der Waals surface area contributed by atoms with Crippen LogP contribution in [0.2, 0.25) is 0 Å². The second-order valence-electron chi connectivity index (χ2n) is 14.8. The van der Waals surface area contributed by atoms with Crippen molar-refractivity contribution in [2.24, 2.45) is 5.41 Å². The lowest BCUT2D eigenvalue weighted by Gasteiger charge is -2.30. The second kappa shape index (κ2) is 20.6. The highest BCUT2D eigenvalue weighted by molar-refractivity contribution is 7.80. The molecule has 254 valence electrons. The van der Waals surface area contributed by atoms with Crippen molar-refractivity contribution < 1.29 is 29.6 Å². The highest BCUT2D eigenvalue weighted by Crippen LogP contribution is 2.41. The number of carbonyl (C=O) groups is 1. The van der Waals surface area contributed by atoms with Crippen LogP contribution in [0, 0.1) is 5.41 Å². The van der Waals surface area contributed by atoms with Gasteiger partial charge in [-0.15, -0.1) is 0 Å². The molecule has 1 aromatic rings. The van der Waals surface area contributed by atoms with Gasteiger partial charge in [0.2, 0.25) is 0 Å². The van der Waals surface area contributed by atoms with Gasteiger partial charge in [-0.05, 0) is 41.5 Å². The lowest BCUT2D eigenvalue weighted by molar-refractivity contribution is -0.151. The first-order valence-corrected chi connectivity index (χ1v) is 17.5. The number of hydrogen-bond acceptors (Lipinski definition) is 7. The average Bonchev–Trinajstić information content (AvgIpc) is 2.96. The van der Waals surface area contributed by atoms with Gasteiger partial charge < -0.3 is 24.8 Å². The minimum atomic E-state index is -1.24. The number of rotatable bonds is 22. The summed E-state index contributed by atoms with van der Waals surface area (Å²) in [7, 11) is 0. The minimum Gasteiger partial charge on any atom is -0.465 e. The third-order valence-electron chi connectivity index (χ3n) is 8.38. The average molecular weight is 637 g/mol. The van der Waals surface area contributed by atoms with Gasteiger partial charge in [-0.3, -0.25) is 4.79 Å². The fraction of sp³-hybridized carbons (Fsp3) is 0.784. The third-order valence-corrected chi connectivity index (χ3v) is 8.67. The van der Waals surface area contributed by atoms with Crippen molar-refractivity contribution in [1.82, 2.24) is 0 Å². The van der Waals surface area contributed by atoms with Crippen LogP contribution in [0.3, 0.4) is 0 Å². The number of aliphatic hydroxyl groups excluding tert-OH is 3. The molecule has 0 aliphatic heterocycles. The maximum Gasteiger partial charge on any atom is 0.306 e. The lowest BCUT2D eigenvalue weighted by atomic mass is 9.78. The molecular weight excluding hydrogens is 572 g/mol. The van der Waals surface area contributed by atoms with Crippen molar-refractivity contribution in [2.75, 3.05) is 26.4 Å².